The van der Waals surface area contributed by atoms with Crippen LogP contribution in [0.5, 0.6) is 0 Å². The largest absolute Gasteiger partial charge is 0.326 e. The van der Waals surface area contributed by atoms with Crippen LogP contribution >= 0.6 is 0 Å². The molecule has 0 aromatic carbocycles. The molecule has 0 aromatic rings. The van der Waals surface area contributed by atoms with Crippen LogP contribution in [0.2, 0.25) is 0 Å². The zero-order valence-corrected chi connectivity index (χ0v) is 8.47. The first-order chi connectivity index (χ1) is 7.04. The fourth-order valence-electron chi connectivity index (χ4n) is 1.56. The summed E-state index contributed by atoms with van der Waals surface area (Å²) in [6.45, 7) is 0. The van der Waals surface area contributed by atoms with Crippen molar-refractivity contribution < 1.29 is 9.59 Å². The van der Waals surface area contributed by atoms with Crippen molar-refractivity contribution in [1.29, 1.82) is 10.5 Å². The number of nitriles is 2. The van der Waals surface area contributed by atoms with Crippen molar-refractivity contribution in [2.24, 2.45) is 5.92 Å². The first-order valence-corrected chi connectivity index (χ1v) is 4.35. The number of imide groups is 1. The molecule has 0 radical (unpaired) electrons. The van der Waals surface area contributed by atoms with Crippen molar-refractivity contribution in [1.82, 2.24) is 9.80 Å². The van der Waals surface area contributed by atoms with Crippen molar-refractivity contribution >= 4 is 11.9 Å². The van der Waals surface area contributed by atoms with E-state index in [0.717, 1.165) is 4.90 Å². The number of hydrogen-bond acceptors (Lipinski definition) is 4. The summed E-state index contributed by atoms with van der Waals surface area (Å²) in [4.78, 5) is 25.2. The summed E-state index contributed by atoms with van der Waals surface area (Å²) in [5.74, 6) is -1.49. The Morgan fingerprint density at radius 2 is 1.93 bits per heavy atom. The number of nitrogens with zero attached hydrogens (tertiary/aromatic N) is 4. The van der Waals surface area contributed by atoms with Gasteiger partial charge in [0.05, 0.1) is 24.6 Å². The number of rotatable bonds is 1. The minimum atomic E-state index is -0.947. The van der Waals surface area contributed by atoms with Crippen LogP contribution in [0.1, 0.15) is 6.42 Å². The van der Waals surface area contributed by atoms with Gasteiger partial charge in [0.1, 0.15) is 5.92 Å². The summed E-state index contributed by atoms with van der Waals surface area (Å²) in [5, 5.41) is 17.4. The van der Waals surface area contributed by atoms with Crippen molar-refractivity contribution in [2.45, 2.75) is 12.5 Å². The van der Waals surface area contributed by atoms with E-state index in [1.807, 2.05) is 12.1 Å². The van der Waals surface area contributed by atoms with E-state index < -0.39 is 23.9 Å². The molecule has 1 aliphatic rings. The average Bonchev–Trinajstić information content (AvgIpc) is 2.24. The van der Waals surface area contributed by atoms with E-state index in [0.29, 0.717) is 0 Å². The van der Waals surface area contributed by atoms with Crippen molar-refractivity contribution in [3.63, 3.8) is 0 Å². The number of carbonyl (C=O) groups is 2. The lowest BCUT2D eigenvalue weighted by molar-refractivity contribution is -0.134. The van der Waals surface area contributed by atoms with Crippen LogP contribution in [-0.2, 0) is 4.79 Å². The number of amides is 3. The van der Waals surface area contributed by atoms with Crippen LogP contribution in [0, 0.1) is 28.6 Å². The lowest BCUT2D eigenvalue weighted by atomic mass is 9.94. The van der Waals surface area contributed by atoms with Gasteiger partial charge in [-0.3, -0.25) is 9.69 Å². The predicted molar refractivity (Wildman–Crippen MR) is 49.1 cm³/mol. The molecule has 2 unspecified atom stereocenters. The van der Waals surface area contributed by atoms with Gasteiger partial charge < -0.3 is 4.90 Å². The molecule has 1 aliphatic heterocycles. The Balaban J connectivity index is 3.05. The molecule has 6 nitrogen and oxygen atoms in total. The highest BCUT2D eigenvalue weighted by Gasteiger charge is 2.43. The Kier molecular flexibility index (Phi) is 2.91. The van der Waals surface area contributed by atoms with Crippen LogP contribution in [0.25, 0.3) is 0 Å². The first kappa shape index (κ1) is 11.0. The van der Waals surface area contributed by atoms with E-state index in [9.17, 15) is 9.59 Å². The van der Waals surface area contributed by atoms with Gasteiger partial charge in [-0.25, -0.2) is 4.79 Å². The van der Waals surface area contributed by atoms with Crippen molar-refractivity contribution in [2.75, 3.05) is 14.1 Å². The second-order valence-corrected chi connectivity index (χ2v) is 3.33. The van der Waals surface area contributed by atoms with Crippen molar-refractivity contribution in [3.05, 3.63) is 0 Å². The highest BCUT2D eigenvalue weighted by atomic mass is 16.2. The molecule has 78 valence electrons. The normalized spacial score (nSPS) is 26.1. The molecule has 0 aromatic heterocycles. The van der Waals surface area contributed by atoms with E-state index in [1.165, 1.54) is 19.0 Å². The molecule has 2 atom stereocenters. The monoisotopic (exact) mass is 206 g/mol. The highest BCUT2D eigenvalue weighted by Crippen LogP contribution is 2.22. The predicted octanol–water partition coefficient (Wildman–Crippen LogP) is -0.0677. The van der Waals surface area contributed by atoms with E-state index in [-0.39, 0.29) is 6.42 Å². The van der Waals surface area contributed by atoms with Crippen molar-refractivity contribution in [3.8, 4) is 12.1 Å². The lowest BCUT2D eigenvalue weighted by Crippen LogP contribution is -2.58. The Bertz CT molecular complexity index is 379. The molecule has 0 saturated carbocycles. The third-order valence-electron chi connectivity index (χ3n) is 2.51. The SMILES string of the molecule is CN1C(=O)C(C#N)C(CC#N)N(C)C1=O. The summed E-state index contributed by atoms with van der Waals surface area (Å²) in [7, 11) is 2.81. The summed E-state index contributed by atoms with van der Waals surface area (Å²) in [6.07, 6.45) is -0.0138. The summed E-state index contributed by atoms with van der Waals surface area (Å²) in [6, 6.07) is 2.58. The van der Waals surface area contributed by atoms with Crippen LogP contribution in [-0.4, -0.2) is 41.9 Å². The Morgan fingerprint density at radius 1 is 1.33 bits per heavy atom. The second kappa shape index (κ2) is 3.97. The number of urea groups is 1. The maximum atomic E-state index is 11.5. The lowest BCUT2D eigenvalue weighted by Gasteiger charge is -2.37. The van der Waals surface area contributed by atoms with Gasteiger partial charge in [0.15, 0.2) is 0 Å². The molecule has 0 bridgehead atoms. The fraction of sp³-hybridized carbons (Fsp3) is 0.556. The smallest absolute Gasteiger partial charge is 0.321 e. The van der Waals surface area contributed by atoms with E-state index >= 15 is 0 Å². The van der Waals surface area contributed by atoms with Gasteiger partial charge in [-0.05, 0) is 0 Å². The minimum absolute atomic E-state index is 0.0138. The molecule has 1 saturated heterocycles. The molecule has 1 heterocycles. The van der Waals surface area contributed by atoms with Gasteiger partial charge >= 0.3 is 6.03 Å². The minimum Gasteiger partial charge on any atom is -0.321 e. The molecular formula is C9H10N4O2. The Morgan fingerprint density at radius 3 is 2.40 bits per heavy atom. The summed E-state index contributed by atoms with van der Waals surface area (Å²) >= 11 is 0. The molecule has 3 amide bonds. The van der Waals surface area contributed by atoms with E-state index in [1.54, 1.807) is 0 Å². The van der Waals surface area contributed by atoms with Crippen LogP contribution in [0.15, 0.2) is 0 Å². The number of hydrogen-bond donors (Lipinski definition) is 0. The fourth-order valence-corrected chi connectivity index (χ4v) is 1.56. The van der Waals surface area contributed by atoms with Gasteiger partial charge in [-0.2, -0.15) is 10.5 Å². The third-order valence-corrected chi connectivity index (χ3v) is 2.51. The van der Waals surface area contributed by atoms with Crippen LogP contribution < -0.4 is 0 Å². The first-order valence-electron chi connectivity index (χ1n) is 4.35. The molecule has 15 heavy (non-hydrogen) atoms. The van der Waals surface area contributed by atoms with Crippen LogP contribution in [0.4, 0.5) is 4.79 Å². The molecule has 0 N–H and O–H groups in total. The summed E-state index contributed by atoms with van der Waals surface area (Å²) in [5.41, 5.74) is 0. The zero-order chi connectivity index (χ0) is 11.6. The van der Waals surface area contributed by atoms with Gasteiger partial charge in [0.2, 0.25) is 5.91 Å². The van der Waals surface area contributed by atoms with Gasteiger partial charge in [0, 0.05) is 14.1 Å². The second-order valence-electron chi connectivity index (χ2n) is 3.33. The summed E-state index contributed by atoms with van der Waals surface area (Å²) < 4.78 is 0. The van der Waals surface area contributed by atoms with Gasteiger partial charge in [-0.1, -0.05) is 0 Å². The quantitative estimate of drug-likeness (QED) is 0.600. The topological polar surface area (TPSA) is 88.2 Å². The molecular weight excluding hydrogens is 196 g/mol. The number of carbonyl (C=O) groups excluding carboxylic acids is 2. The molecule has 1 fully saturated rings. The Labute approximate surface area is 87.3 Å². The van der Waals surface area contributed by atoms with E-state index in [4.69, 9.17) is 10.5 Å². The van der Waals surface area contributed by atoms with Gasteiger partial charge in [0.25, 0.3) is 0 Å². The molecule has 1 rings (SSSR count). The Hall–Kier alpha value is -2.08. The standard InChI is InChI=1S/C9H10N4O2/c1-12-7(3-4-10)6(5-11)8(14)13(2)9(12)15/h6-7H,3H2,1-2H3. The van der Waals surface area contributed by atoms with Crippen LogP contribution in [0.3, 0.4) is 0 Å². The maximum Gasteiger partial charge on any atom is 0.326 e. The van der Waals surface area contributed by atoms with E-state index in [2.05, 4.69) is 0 Å². The molecule has 0 aliphatic carbocycles. The average molecular weight is 206 g/mol. The molecule has 6 heteroatoms. The zero-order valence-electron chi connectivity index (χ0n) is 8.47. The highest BCUT2D eigenvalue weighted by molar-refractivity contribution is 5.99. The van der Waals surface area contributed by atoms with Gasteiger partial charge in [-0.15, -0.1) is 0 Å². The molecule has 0 spiro atoms. The maximum absolute atomic E-state index is 11.5. The third kappa shape index (κ3) is 1.62.